The molecule has 5 aromatic rings. The van der Waals surface area contributed by atoms with Crippen molar-refractivity contribution >= 4 is 112 Å². The van der Waals surface area contributed by atoms with E-state index in [4.69, 9.17) is 18.2 Å². The molecule has 0 aliphatic carbocycles. The Labute approximate surface area is 194 Å². The second-order valence-corrected chi connectivity index (χ2v) is 11.6. The van der Waals surface area contributed by atoms with E-state index in [9.17, 15) is 0 Å². The first kappa shape index (κ1) is 18.7. The number of nitrogens with zero attached hydrogens (tertiary/aromatic N) is 3. The molecule has 0 aliphatic rings. The van der Waals surface area contributed by atoms with Gasteiger partial charge in [0.1, 0.15) is 16.7 Å². The van der Waals surface area contributed by atoms with Crippen LogP contribution in [0.1, 0.15) is 0 Å². The molecule has 10 heteroatoms. The van der Waals surface area contributed by atoms with Gasteiger partial charge >= 0.3 is 0 Å². The minimum absolute atomic E-state index is 0.581. The van der Waals surface area contributed by atoms with E-state index in [1.807, 2.05) is 18.2 Å². The Morgan fingerprint density at radius 2 is 1.46 bits per heavy atom. The van der Waals surface area contributed by atoms with E-state index in [1.165, 1.54) is 11.7 Å². The van der Waals surface area contributed by atoms with Gasteiger partial charge in [-0.1, -0.05) is 0 Å². The number of hydrogen-bond acceptors (Lipinski definition) is 8. The Hall–Kier alpha value is -1.30. The summed E-state index contributed by atoms with van der Waals surface area (Å²) in [5.41, 5.74) is 11.3. The third-order valence-corrected chi connectivity index (χ3v) is 8.46. The first-order chi connectivity index (χ1) is 13.6. The second kappa shape index (κ2) is 7.19. The number of nitrogens with two attached hydrogens (primary N) is 1. The van der Waals surface area contributed by atoms with Crippen LogP contribution in [-0.4, -0.2) is 8.75 Å². The maximum absolute atomic E-state index is 6.51. The lowest BCUT2D eigenvalue weighted by molar-refractivity contribution is 1.60. The molecule has 3 aromatic heterocycles. The van der Waals surface area contributed by atoms with E-state index in [0.29, 0.717) is 11.4 Å². The minimum atomic E-state index is 0.581. The summed E-state index contributed by atoms with van der Waals surface area (Å²) in [7, 11) is 0. The number of nitrogen functional groups attached to an aromatic ring is 1. The summed E-state index contributed by atoms with van der Waals surface area (Å²) in [4.78, 5) is 2.15. The van der Waals surface area contributed by atoms with Crippen molar-refractivity contribution in [3.63, 3.8) is 0 Å². The number of hydrogen-bond donors (Lipinski definition) is 1. The van der Waals surface area contributed by atoms with Crippen LogP contribution < -0.4 is 5.73 Å². The summed E-state index contributed by atoms with van der Waals surface area (Å²) in [6.45, 7) is 0. The van der Waals surface area contributed by atoms with Gasteiger partial charge in [0.15, 0.2) is 0 Å². The molecule has 2 aromatic carbocycles. The van der Waals surface area contributed by atoms with Crippen molar-refractivity contribution in [2.75, 3.05) is 5.73 Å². The molecule has 4 nitrogen and oxygen atoms in total. The molecule has 138 valence electrons. The molecular formula is C18H8Br2N4S4. The average molecular weight is 568 g/mol. The van der Waals surface area contributed by atoms with Crippen molar-refractivity contribution in [3.05, 3.63) is 44.0 Å². The lowest BCUT2D eigenvalue weighted by atomic mass is 9.97. The molecule has 2 N–H and O–H groups in total. The molecule has 3 heterocycles. The molecule has 0 atom stereocenters. The zero-order valence-corrected chi connectivity index (χ0v) is 20.2. The number of halogens is 2. The molecule has 0 saturated heterocycles. The quantitative estimate of drug-likeness (QED) is 0.226. The van der Waals surface area contributed by atoms with Crippen molar-refractivity contribution in [3.8, 4) is 20.9 Å². The summed E-state index contributed by atoms with van der Waals surface area (Å²) in [5.74, 6) is 0. The van der Waals surface area contributed by atoms with Crippen molar-refractivity contribution in [2.45, 2.75) is 0 Å². The van der Waals surface area contributed by atoms with Gasteiger partial charge in [-0.15, -0.1) is 22.7 Å². The predicted octanol–water partition coefficient (Wildman–Crippen LogP) is 7.77. The zero-order valence-electron chi connectivity index (χ0n) is 13.8. The topological polar surface area (TPSA) is 64.2 Å². The fraction of sp³-hybridized carbons (Fsp3) is 0. The molecule has 0 bridgehead atoms. The third-order valence-electron chi connectivity index (χ3n) is 4.44. The van der Waals surface area contributed by atoms with Crippen LogP contribution in [0.2, 0.25) is 0 Å². The van der Waals surface area contributed by atoms with E-state index >= 15 is 0 Å². The van der Waals surface area contributed by atoms with Gasteiger partial charge in [-0.3, -0.25) is 0 Å². The van der Waals surface area contributed by atoms with Gasteiger partial charge in [0.2, 0.25) is 0 Å². The van der Waals surface area contributed by atoms with Crippen LogP contribution in [0.3, 0.4) is 0 Å². The average Bonchev–Trinajstić information content (AvgIpc) is 3.41. The summed E-state index contributed by atoms with van der Waals surface area (Å²) in [5, 5.41) is 1.85. The SMILES string of the molecule is Nc1c(-c2ccc(Br)s2)cc2c(cc(-c3ccc(Br)s3)c3nsnc32)c1N=S. The highest BCUT2D eigenvalue weighted by atomic mass is 79.9. The van der Waals surface area contributed by atoms with Crippen molar-refractivity contribution in [2.24, 2.45) is 4.36 Å². The smallest absolute Gasteiger partial charge is 0.114 e. The Balaban J connectivity index is 1.91. The largest absolute Gasteiger partial charge is 0.396 e. The Bertz CT molecular complexity index is 1390. The van der Waals surface area contributed by atoms with Crippen molar-refractivity contribution in [1.82, 2.24) is 8.75 Å². The lowest BCUT2D eigenvalue weighted by Gasteiger charge is -2.12. The molecule has 0 radical (unpaired) electrons. The molecule has 0 amide bonds. The highest BCUT2D eigenvalue weighted by Gasteiger charge is 2.20. The molecule has 28 heavy (non-hydrogen) atoms. The molecular weight excluding hydrogens is 560 g/mol. The minimum Gasteiger partial charge on any atom is -0.396 e. The van der Waals surface area contributed by atoms with E-state index in [2.05, 4.69) is 63.2 Å². The van der Waals surface area contributed by atoms with Crippen LogP contribution in [-0.2, 0) is 12.4 Å². The molecule has 5 rings (SSSR count). The summed E-state index contributed by atoms with van der Waals surface area (Å²) < 4.78 is 15.4. The fourth-order valence-electron chi connectivity index (χ4n) is 3.20. The van der Waals surface area contributed by atoms with Gasteiger partial charge in [0.05, 0.1) is 25.0 Å². The van der Waals surface area contributed by atoms with Gasteiger partial charge < -0.3 is 5.73 Å². The zero-order chi connectivity index (χ0) is 19.4. The summed E-state index contributed by atoms with van der Waals surface area (Å²) in [6, 6.07) is 12.3. The van der Waals surface area contributed by atoms with Crippen LogP contribution in [0.15, 0.2) is 48.3 Å². The van der Waals surface area contributed by atoms with Gasteiger partial charge in [-0.2, -0.15) is 13.1 Å². The maximum Gasteiger partial charge on any atom is 0.114 e. The number of anilines is 1. The number of benzene rings is 2. The Morgan fingerprint density at radius 3 is 2.07 bits per heavy atom. The predicted molar refractivity (Wildman–Crippen MR) is 131 cm³/mol. The number of rotatable bonds is 3. The van der Waals surface area contributed by atoms with Crippen molar-refractivity contribution in [1.29, 1.82) is 0 Å². The van der Waals surface area contributed by atoms with Crippen molar-refractivity contribution < 1.29 is 0 Å². The van der Waals surface area contributed by atoms with Gasteiger partial charge in [0.25, 0.3) is 0 Å². The van der Waals surface area contributed by atoms with Crippen LogP contribution in [0, 0.1) is 0 Å². The van der Waals surface area contributed by atoms with E-state index in [1.54, 1.807) is 22.7 Å². The number of thiophene rings is 2. The van der Waals surface area contributed by atoms with Crippen LogP contribution in [0.25, 0.3) is 42.7 Å². The van der Waals surface area contributed by atoms with Gasteiger partial charge in [0, 0.05) is 44.1 Å². The molecule has 0 spiro atoms. The summed E-state index contributed by atoms with van der Waals surface area (Å²) >= 11 is 16.6. The number of aromatic nitrogens is 2. The van der Waals surface area contributed by atoms with Crippen LogP contribution in [0.5, 0.6) is 0 Å². The Morgan fingerprint density at radius 1 is 0.857 bits per heavy atom. The van der Waals surface area contributed by atoms with Crippen LogP contribution in [0.4, 0.5) is 11.4 Å². The highest BCUT2D eigenvalue weighted by Crippen LogP contribution is 2.47. The van der Waals surface area contributed by atoms with Crippen LogP contribution >= 0.6 is 66.3 Å². The Kier molecular flexibility index (Phi) is 4.80. The highest BCUT2D eigenvalue weighted by molar-refractivity contribution is 9.11. The fourth-order valence-corrected chi connectivity index (χ4v) is 6.79. The molecule has 0 saturated carbocycles. The molecule has 0 aliphatic heterocycles. The van der Waals surface area contributed by atoms with E-state index in [0.717, 1.165) is 50.3 Å². The maximum atomic E-state index is 6.51. The van der Waals surface area contributed by atoms with Gasteiger partial charge in [-0.05, 0) is 68.3 Å². The summed E-state index contributed by atoms with van der Waals surface area (Å²) in [6.07, 6.45) is 0. The first-order valence-corrected chi connectivity index (χ1v) is 12.2. The van der Waals surface area contributed by atoms with E-state index < -0.39 is 0 Å². The number of fused-ring (bicyclic) bond motifs is 3. The first-order valence-electron chi connectivity index (χ1n) is 7.93. The molecule has 0 unspecified atom stereocenters. The van der Waals surface area contributed by atoms with E-state index in [-0.39, 0.29) is 0 Å². The normalized spacial score (nSPS) is 11.5. The second-order valence-electron chi connectivity index (χ2n) is 5.97. The van der Waals surface area contributed by atoms with Gasteiger partial charge in [-0.25, -0.2) is 0 Å². The monoisotopic (exact) mass is 566 g/mol. The standard InChI is InChI=1S/C18H8Br2N4S4/c19-13-3-1-11(26-13)9-5-8-7(16(22-25)15(9)21)6-10(12-2-4-14(20)27-12)18-17(8)23-28-24-18/h1-6H,21H2. The lowest BCUT2D eigenvalue weighted by Crippen LogP contribution is -1.92. The molecule has 0 fully saturated rings. The third kappa shape index (κ3) is 2.94.